The molecule has 2 aromatic heterocycles. The summed E-state index contributed by atoms with van der Waals surface area (Å²) in [6, 6.07) is 3.72. The smallest absolute Gasteiger partial charge is 0.255 e. The Morgan fingerprint density at radius 3 is 2.70 bits per heavy atom. The van der Waals surface area contributed by atoms with E-state index in [2.05, 4.69) is 10.1 Å². The van der Waals surface area contributed by atoms with Crippen LogP contribution in [0.4, 0.5) is 0 Å². The van der Waals surface area contributed by atoms with E-state index in [1.54, 1.807) is 13.3 Å². The topological polar surface area (TPSA) is 90.6 Å². The van der Waals surface area contributed by atoms with Crippen LogP contribution in [0.5, 0.6) is 0 Å². The fraction of sp³-hybridized carbons (Fsp3) is 0.636. The van der Waals surface area contributed by atoms with Crippen molar-refractivity contribution in [1.82, 2.24) is 20.0 Å². The van der Waals surface area contributed by atoms with Gasteiger partial charge < -0.3 is 18.9 Å². The molecule has 0 aromatic carbocycles. The van der Waals surface area contributed by atoms with Crippen LogP contribution in [0.2, 0.25) is 0 Å². The first kappa shape index (κ1) is 20.9. The summed E-state index contributed by atoms with van der Waals surface area (Å²) in [5.74, 6) is 1.77. The highest BCUT2D eigenvalue weighted by atomic mass is 16.5. The molecule has 0 spiro atoms. The number of aromatic nitrogens is 3. The van der Waals surface area contributed by atoms with Crippen molar-refractivity contribution in [1.29, 1.82) is 0 Å². The first-order valence-corrected chi connectivity index (χ1v) is 10.7. The lowest BCUT2D eigenvalue weighted by atomic mass is 9.75. The normalized spacial score (nSPS) is 19.7. The average molecular weight is 415 g/mol. The molecule has 4 rings (SSSR count). The SMILES string of the molecule is COCCC1(c2noc(C3CCOCC3)n2)CCN(C(=O)c2ccc(C)nc2)CC1. The predicted molar refractivity (Wildman–Crippen MR) is 109 cm³/mol. The van der Waals surface area contributed by atoms with E-state index in [-0.39, 0.29) is 17.2 Å². The van der Waals surface area contributed by atoms with Gasteiger partial charge in [0.1, 0.15) is 0 Å². The molecule has 0 radical (unpaired) electrons. The molecule has 0 N–H and O–H groups in total. The third kappa shape index (κ3) is 4.39. The first-order chi connectivity index (χ1) is 14.6. The standard InChI is InChI=1S/C22H30N4O4/c1-16-3-4-18(15-23-16)20(27)26-10-7-22(8-11-26,9-14-28-2)21-24-19(30-25-21)17-5-12-29-13-6-17/h3-4,15,17H,5-14H2,1-2H3. The number of piperidine rings is 1. The van der Waals surface area contributed by atoms with Crippen molar-refractivity contribution in [2.24, 2.45) is 0 Å². The second-order valence-electron chi connectivity index (χ2n) is 8.35. The van der Waals surface area contributed by atoms with Gasteiger partial charge in [-0.2, -0.15) is 4.98 Å². The number of aryl methyl sites for hydroxylation is 1. The Balaban J connectivity index is 1.48. The summed E-state index contributed by atoms with van der Waals surface area (Å²) in [6.07, 6.45) is 5.87. The van der Waals surface area contributed by atoms with Gasteiger partial charge in [-0.1, -0.05) is 5.16 Å². The fourth-order valence-electron chi connectivity index (χ4n) is 4.36. The van der Waals surface area contributed by atoms with Crippen LogP contribution in [0.1, 0.15) is 65.8 Å². The Bertz CT molecular complexity index is 837. The molecule has 0 atom stereocenters. The molecule has 162 valence electrons. The summed E-state index contributed by atoms with van der Waals surface area (Å²) in [4.78, 5) is 23.9. The molecule has 0 saturated carbocycles. The van der Waals surface area contributed by atoms with Crippen LogP contribution in [-0.2, 0) is 14.9 Å². The zero-order valence-electron chi connectivity index (χ0n) is 17.8. The molecular formula is C22H30N4O4. The lowest BCUT2D eigenvalue weighted by Crippen LogP contribution is -2.46. The summed E-state index contributed by atoms with van der Waals surface area (Å²) in [5.41, 5.74) is 1.30. The number of hydrogen-bond donors (Lipinski definition) is 0. The van der Waals surface area contributed by atoms with E-state index in [4.69, 9.17) is 19.0 Å². The van der Waals surface area contributed by atoms with Crippen LogP contribution in [0, 0.1) is 6.92 Å². The van der Waals surface area contributed by atoms with E-state index in [9.17, 15) is 4.79 Å². The number of ether oxygens (including phenoxy) is 2. The number of likely N-dealkylation sites (tertiary alicyclic amines) is 1. The van der Waals surface area contributed by atoms with E-state index in [0.717, 1.165) is 56.8 Å². The Kier molecular flexibility index (Phi) is 6.43. The lowest BCUT2D eigenvalue weighted by molar-refractivity contribution is 0.0615. The number of nitrogens with zero attached hydrogens (tertiary/aromatic N) is 4. The quantitative estimate of drug-likeness (QED) is 0.718. The molecule has 0 unspecified atom stereocenters. The first-order valence-electron chi connectivity index (χ1n) is 10.7. The number of rotatable bonds is 6. The Hall–Kier alpha value is -2.32. The number of carbonyl (C=O) groups excluding carboxylic acids is 1. The minimum absolute atomic E-state index is 0.0267. The van der Waals surface area contributed by atoms with E-state index in [1.807, 2.05) is 24.0 Å². The number of carbonyl (C=O) groups is 1. The molecule has 2 aliphatic heterocycles. The van der Waals surface area contributed by atoms with E-state index < -0.39 is 0 Å². The van der Waals surface area contributed by atoms with Gasteiger partial charge in [0, 0.05) is 63.2 Å². The van der Waals surface area contributed by atoms with Gasteiger partial charge in [-0.15, -0.1) is 0 Å². The van der Waals surface area contributed by atoms with Crippen molar-refractivity contribution in [3.05, 3.63) is 41.3 Å². The van der Waals surface area contributed by atoms with Crippen molar-refractivity contribution < 1.29 is 18.8 Å². The minimum Gasteiger partial charge on any atom is -0.385 e. The van der Waals surface area contributed by atoms with Gasteiger partial charge in [0.2, 0.25) is 5.89 Å². The molecule has 8 nitrogen and oxygen atoms in total. The zero-order chi connectivity index (χ0) is 21.0. The highest BCUT2D eigenvalue weighted by Gasteiger charge is 2.41. The van der Waals surface area contributed by atoms with Gasteiger partial charge in [-0.05, 0) is 51.2 Å². The van der Waals surface area contributed by atoms with Crippen molar-refractivity contribution in [3.63, 3.8) is 0 Å². The highest BCUT2D eigenvalue weighted by Crippen LogP contribution is 2.38. The van der Waals surface area contributed by atoms with Crippen molar-refractivity contribution in [3.8, 4) is 0 Å². The van der Waals surface area contributed by atoms with Crippen molar-refractivity contribution in [2.75, 3.05) is 40.0 Å². The van der Waals surface area contributed by atoms with E-state index in [1.165, 1.54) is 0 Å². The third-order valence-corrected chi connectivity index (χ3v) is 6.44. The third-order valence-electron chi connectivity index (χ3n) is 6.44. The van der Waals surface area contributed by atoms with Crippen molar-refractivity contribution >= 4 is 5.91 Å². The van der Waals surface area contributed by atoms with Crippen LogP contribution < -0.4 is 0 Å². The summed E-state index contributed by atoms with van der Waals surface area (Å²) >= 11 is 0. The van der Waals surface area contributed by atoms with Crippen LogP contribution >= 0.6 is 0 Å². The molecule has 8 heteroatoms. The molecule has 2 fully saturated rings. The molecule has 4 heterocycles. The largest absolute Gasteiger partial charge is 0.385 e. The minimum atomic E-state index is -0.231. The molecule has 0 aliphatic carbocycles. The number of hydrogen-bond acceptors (Lipinski definition) is 7. The van der Waals surface area contributed by atoms with E-state index >= 15 is 0 Å². The van der Waals surface area contributed by atoms with E-state index in [0.29, 0.717) is 31.2 Å². The molecule has 2 aliphatic rings. The van der Waals surface area contributed by atoms with Gasteiger partial charge in [0.15, 0.2) is 5.82 Å². The molecule has 2 aromatic rings. The predicted octanol–water partition coefficient (Wildman–Crippen LogP) is 2.88. The molecule has 0 bridgehead atoms. The molecule has 30 heavy (non-hydrogen) atoms. The van der Waals surface area contributed by atoms with Gasteiger partial charge in [-0.25, -0.2) is 0 Å². The lowest BCUT2D eigenvalue weighted by Gasteiger charge is -2.39. The molecule has 2 saturated heterocycles. The summed E-state index contributed by atoms with van der Waals surface area (Å²) in [5, 5.41) is 4.38. The van der Waals surface area contributed by atoms with Gasteiger partial charge >= 0.3 is 0 Å². The van der Waals surface area contributed by atoms with Crippen LogP contribution in [0.25, 0.3) is 0 Å². The molecule has 1 amide bonds. The second kappa shape index (κ2) is 9.22. The number of amides is 1. The fourth-order valence-corrected chi connectivity index (χ4v) is 4.36. The summed E-state index contributed by atoms with van der Waals surface area (Å²) in [6.45, 7) is 5.31. The Labute approximate surface area is 177 Å². The van der Waals surface area contributed by atoms with Crippen LogP contribution in [0.3, 0.4) is 0 Å². The maximum Gasteiger partial charge on any atom is 0.255 e. The summed E-state index contributed by atoms with van der Waals surface area (Å²) in [7, 11) is 1.71. The van der Waals surface area contributed by atoms with Gasteiger partial charge in [0.25, 0.3) is 5.91 Å². The summed E-state index contributed by atoms with van der Waals surface area (Å²) < 4.78 is 16.5. The maximum atomic E-state index is 12.9. The monoisotopic (exact) mass is 414 g/mol. The number of methoxy groups -OCH3 is 1. The van der Waals surface area contributed by atoms with Crippen molar-refractivity contribution in [2.45, 2.75) is 50.4 Å². The van der Waals surface area contributed by atoms with Gasteiger partial charge in [-0.3, -0.25) is 9.78 Å². The number of pyridine rings is 1. The average Bonchev–Trinajstić information content (AvgIpc) is 3.30. The Morgan fingerprint density at radius 2 is 2.03 bits per heavy atom. The maximum absolute atomic E-state index is 12.9. The van der Waals surface area contributed by atoms with Gasteiger partial charge in [0.05, 0.1) is 5.56 Å². The highest BCUT2D eigenvalue weighted by molar-refractivity contribution is 5.94. The molecular weight excluding hydrogens is 384 g/mol. The van der Waals surface area contributed by atoms with Crippen LogP contribution in [0.15, 0.2) is 22.9 Å². The Morgan fingerprint density at radius 1 is 1.27 bits per heavy atom. The van der Waals surface area contributed by atoms with Crippen LogP contribution in [-0.4, -0.2) is 66.0 Å². The zero-order valence-corrected chi connectivity index (χ0v) is 17.8. The second-order valence-corrected chi connectivity index (χ2v) is 8.35.